The van der Waals surface area contributed by atoms with Crippen LogP contribution in [0, 0.1) is 5.92 Å². The molecule has 4 nitrogen and oxygen atoms in total. The summed E-state index contributed by atoms with van der Waals surface area (Å²) in [6, 6.07) is 10.5. The number of benzene rings is 1. The zero-order chi connectivity index (χ0) is 18.5. The number of alkyl halides is 3. The number of aromatic nitrogens is 2. The third-order valence-corrected chi connectivity index (χ3v) is 4.91. The van der Waals surface area contributed by atoms with E-state index in [1.807, 2.05) is 28.8 Å². The van der Waals surface area contributed by atoms with Crippen molar-refractivity contribution >= 4 is 11.5 Å². The second kappa shape index (κ2) is 5.86. The number of hydrogen-bond donors (Lipinski definition) is 1. The summed E-state index contributed by atoms with van der Waals surface area (Å²) in [4.78, 5) is 15.7. The quantitative estimate of drug-likeness (QED) is 0.743. The third-order valence-electron chi connectivity index (χ3n) is 4.91. The van der Waals surface area contributed by atoms with E-state index < -0.39 is 17.7 Å². The number of carboxylic acid groups (broad SMARTS) is 1. The van der Waals surface area contributed by atoms with Crippen LogP contribution in [0.25, 0.3) is 16.8 Å². The van der Waals surface area contributed by atoms with Gasteiger partial charge in [-0.25, -0.2) is 4.98 Å². The first-order valence-electron chi connectivity index (χ1n) is 8.22. The molecule has 2 heterocycles. The molecule has 0 unspecified atom stereocenters. The van der Waals surface area contributed by atoms with Crippen molar-refractivity contribution in [2.75, 3.05) is 0 Å². The molecule has 1 saturated carbocycles. The molecule has 3 aromatic rings. The number of rotatable bonds is 3. The Bertz CT molecular complexity index is 971. The van der Waals surface area contributed by atoms with Crippen LogP contribution in [0.1, 0.15) is 30.1 Å². The summed E-state index contributed by atoms with van der Waals surface area (Å²) in [6.07, 6.45) is -1.48. The topological polar surface area (TPSA) is 54.6 Å². The molecule has 7 heteroatoms. The van der Waals surface area contributed by atoms with Gasteiger partial charge in [-0.15, -0.1) is 0 Å². The van der Waals surface area contributed by atoms with Gasteiger partial charge < -0.3 is 9.51 Å². The molecule has 1 fully saturated rings. The number of nitrogens with zero attached hydrogens (tertiary/aromatic N) is 2. The van der Waals surface area contributed by atoms with E-state index in [1.165, 1.54) is 12.1 Å². The van der Waals surface area contributed by atoms with Gasteiger partial charge in [0.1, 0.15) is 5.82 Å². The minimum absolute atomic E-state index is 0.0363. The number of carbonyl (C=O) groups is 1. The van der Waals surface area contributed by atoms with E-state index in [4.69, 9.17) is 5.11 Å². The van der Waals surface area contributed by atoms with Crippen LogP contribution in [0.3, 0.4) is 0 Å². The predicted octanol–water partition coefficient (Wildman–Crippen LogP) is 4.60. The lowest BCUT2D eigenvalue weighted by Crippen LogP contribution is -2.29. The summed E-state index contributed by atoms with van der Waals surface area (Å²) in [5.41, 5.74) is 1.30. The highest BCUT2D eigenvalue weighted by Crippen LogP contribution is 2.42. The second-order valence-electron chi connectivity index (χ2n) is 6.55. The number of pyridine rings is 1. The van der Waals surface area contributed by atoms with Gasteiger partial charge in [0.15, 0.2) is 0 Å². The van der Waals surface area contributed by atoms with Gasteiger partial charge in [0, 0.05) is 17.7 Å². The number of fused-ring (bicyclic) bond motifs is 1. The lowest BCUT2D eigenvalue weighted by atomic mass is 9.74. The van der Waals surface area contributed by atoms with Crippen LogP contribution in [-0.2, 0) is 11.0 Å². The SMILES string of the molecule is O=C(O)C1CC(c2nc(-c3ccc(C(F)(F)F)cc3)c3ccccn23)C1. The molecule has 0 saturated heterocycles. The van der Waals surface area contributed by atoms with Crippen molar-refractivity contribution in [3.05, 3.63) is 60.0 Å². The van der Waals surface area contributed by atoms with Crippen molar-refractivity contribution in [3.63, 3.8) is 0 Å². The highest BCUT2D eigenvalue weighted by molar-refractivity contribution is 5.78. The smallest absolute Gasteiger partial charge is 0.416 e. The first-order chi connectivity index (χ1) is 12.3. The first-order valence-corrected chi connectivity index (χ1v) is 8.22. The Morgan fingerprint density at radius 2 is 1.81 bits per heavy atom. The van der Waals surface area contributed by atoms with Crippen molar-refractivity contribution in [2.45, 2.75) is 24.9 Å². The fourth-order valence-corrected chi connectivity index (χ4v) is 3.41. The Morgan fingerprint density at radius 3 is 2.42 bits per heavy atom. The molecule has 0 atom stereocenters. The van der Waals surface area contributed by atoms with E-state index >= 15 is 0 Å². The van der Waals surface area contributed by atoms with Crippen LogP contribution in [0.4, 0.5) is 13.2 Å². The highest BCUT2D eigenvalue weighted by atomic mass is 19.4. The summed E-state index contributed by atoms with van der Waals surface area (Å²) in [6.45, 7) is 0. The van der Waals surface area contributed by atoms with Crippen LogP contribution < -0.4 is 0 Å². The van der Waals surface area contributed by atoms with E-state index in [0.29, 0.717) is 24.1 Å². The van der Waals surface area contributed by atoms with E-state index in [1.54, 1.807) is 0 Å². The number of imidazole rings is 1. The lowest BCUT2D eigenvalue weighted by molar-refractivity contribution is -0.145. The van der Waals surface area contributed by atoms with Crippen LogP contribution in [0.15, 0.2) is 48.7 Å². The molecule has 1 N–H and O–H groups in total. The van der Waals surface area contributed by atoms with Crippen molar-refractivity contribution in [2.24, 2.45) is 5.92 Å². The maximum Gasteiger partial charge on any atom is 0.416 e. The van der Waals surface area contributed by atoms with Crippen LogP contribution in [-0.4, -0.2) is 20.5 Å². The van der Waals surface area contributed by atoms with Crippen molar-refractivity contribution in [3.8, 4) is 11.3 Å². The molecule has 134 valence electrons. The largest absolute Gasteiger partial charge is 0.481 e. The normalized spacial score (nSPS) is 20.1. The first kappa shape index (κ1) is 16.6. The zero-order valence-corrected chi connectivity index (χ0v) is 13.6. The molecule has 0 amide bonds. The molecule has 2 aromatic heterocycles. The summed E-state index contributed by atoms with van der Waals surface area (Å²) in [7, 11) is 0. The Labute approximate surface area is 146 Å². The van der Waals surface area contributed by atoms with Gasteiger partial charge in [0.25, 0.3) is 0 Å². The molecule has 1 aliphatic carbocycles. The predicted molar refractivity (Wildman–Crippen MR) is 88.7 cm³/mol. The number of aliphatic carboxylic acids is 1. The molecule has 26 heavy (non-hydrogen) atoms. The van der Waals surface area contributed by atoms with Crippen LogP contribution >= 0.6 is 0 Å². The van der Waals surface area contributed by atoms with E-state index in [9.17, 15) is 18.0 Å². The van der Waals surface area contributed by atoms with Crippen LogP contribution in [0.5, 0.6) is 0 Å². The minimum atomic E-state index is -4.38. The van der Waals surface area contributed by atoms with Gasteiger partial charge in [0.05, 0.1) is 22.7 Å². The second-order valence-corrected chi connectivity index (χ2v) is 6.55. The summed E-state index contributed by atoms with van der Waals surface area (Å²) in [5.74, 6) is -0.363. The Kier molecular flexibility index (Phi) is 3.75. The average Bonchev–Trinajstić information content (AvgIpc) is 2.92. The fourth-order valence-electron chi connectivity index (χ4n) is 3.41. The summed E-state index contributed by atoms with van der Waals surface area (Å²) < 4.78 is 40.2. The molecule has 0 spiro atoms. The van der Waals surface area contributed by atoms with Crippen molar-refractivity contribution in [1.82, 2.24) is 9.38 Å². The van der Waals surface area contributed by atoms with Gasteiger partial charge >= 0.3 is 12.1 Å². The molecule has 1 aliphatic rings. The summed E-state index contributed by atoms with van der Waals surface area (Å²) >= 11 is 0. The van der Waals surface area contributed by atoms with Crippen LogP contribution in [0.2, 0.25) is 0 Å². The average molecular weight is 360 g/mol. The number of halogens is 3. The Balaban J connectivity index is 1.73. The molecule has 4 rings (SSSR count). The van der Waals surface area contributed by atoms with Gasteiger partial charge in [-0.05, 0) is 37.1 Å². The van der Waals surface area contributed by atoms with E-state index in [0.717, 1.165) is 23.5 Å². The monoisotopic (exact) mass is 360 g/mol. The fraction of sp³-hybridized carbons (Fsp3) is 0.263. The van der Waals surface area contributed by atoms with Gasteiger partial charge in [-0.1, -0.05) is 18.2 Å². The maximum absolute atomic E-state index is 12.8. The zero-order valence-electron chi connectivity index (χ0n) is 13.6. The minimum Gasteiger partial charge on any atom is -0.481 e. The lowest BCUT2D eigenvalue weighted by Gasteiger charge is -2.31. The Hall–Kier alpha value is -2.83. The number of hydrogen-bond acceptors (Lipinski definition) is 2. The van der Waals surface area contributed by atoms with E-state index in [2.05, 4.69) is 4.98 Å². The van der Waals surface area contributed by atoms with Gasteiger partial charge in [-0.3, -0.25) is 4.79 Å². The standard InChI is InChI=1S/C19H15F3N2O2/c20-19(21,22)14-6-4-11(5-7-14)16-15-3-1-2-8-24(15)17(23-16)12-9-13(10-12)18(25)26/h1-8,12-13H,9-10H2,(H,25,26). The molecular formula is C19H15F3N2O2. The molecule has 0 aliphatic heterocycles. The molecular weight excluding hydrogens is 345 g/mol. The molecule has 1 aromatic carbocycles. The highest BCUT2D eigenvalue weighted by Gasteiger charge is 2.38. The third kappa shape index (κ3) is 2.73. The van der Waals surface area contributed by atoms with Gasteiger partial charge in [0.2, 0.25) is 0 Å². The van der Waals surface area contributed by atoms with Crippen molar-refractivity contribution in [1.29, 1.82) is 0 Å². The van der Waals surface area contributed by atoms with E-state index in [-0.39, 0.29) is 11.8 Å². The Morgan fingerprint density at radius 1 is 1.12 bits per heavy atom. The van der Waals surface area contributed by atoms with Gasteiger partial charge in [-0.2, -0.15) is 13.2 Å². The molecule has 0 radical (unpaired) electrons. The summed E-state index contributed by atoms with van der Waals surface area (Å²) in [5, 5.41) is 9.07. The van der Waals surface area contributed by atoms with Crippen molar-refractivity contribution < 1.29 is 23.1 Å². The molecule has 0 bridgehead atoms. The maximum atomic E-state index is 12.8. The number of carboxylic acids is 1.